The summed E-state index contributed by atoms with van der Waals surface area (Å²) in [5, 5.41) is 2.82. The number of hydrogen-bond acceptors (Lipinski definition) is 4. The van der Waals surface area contributed by atoms with Gasteiger partial charge in [-0.3, -0.25) is 4.79 Å². The first-order valence-corrected chi connectivity index (χ1v) is 7.72. The lowest BCUT2D eigenvalue weighted by Gasteiger charge is -2.08. The van der Waals surface area contributed by atoms with Gasteiger partial charge in [-0.1, -0.05) is 18.2 Å². The van der Waals surface area contributed by atoms with E-state index in [-0.39, 0.29) is 12.5 Å². The second kappa shape index (κ2) is 7.50. The fourth-order valence-electron chi connectivity index (χ4n) is 2.34. The van der Waals surface area contributed by atoms with Crippen LogP contribution >= 0.6 is 0 Å². The number of ether oxygens (including phenoxy) is 2. The van der Waals surface area contributed by atoms with Crippen LogP contribution < -0.4 is 14.8 Å². The predicted molar refractivity (Wildman–Crippen MR) is 91.3 cm³/mol. The van der Waals surface area contributed by atoms with Crippen LogP contribution in [0.4, 0.5) is 0 Å². The van der Waals surface area contributed by atoms with E-state index in [0.29, 0.717) is 24.5 Å². The molecule has 3 aromatic rings. The van der Waals surface area contributed by atoms with Crippen molar-refractivity contribution in [1.82, 2.24) is 15.3 Å². The molecule has 6 heteroatoms. The summed E-state index contributed by atoms with van der Waals surface area (Å²) in [6.07, 6.45) is 0.638. The number of nitrogens with zero attached hydrogens (tertiary/aromatic N) is 1. The maximum Gasteiger partial charge on any atom is 0.257 e. The molecule has 1 aromatic heterocycles. The molecule has 0 aliphatic heterocycles. The molecule has 0 saturated carbocycles. The lowest BCUT2D eigenvalue weighted by Crippen LogP contribution is -2.30. The zero-order valence-electron chi connectivity index (χ0n) is 13.4. The Labute approximate surface area is 139 Å². The van der Waals surface area contributed by atoms with Crippen LogP contribution in [0.2, 0.25) is 0 Å². The minimum absolute atomic E-state index is 0.0344. The molecule has 0 saturated heterocycles. The fraction of sp³-hybridized carbons (Fsp3) is 0.222. The topological polar surface area (TPSA) is 76.2 Å². The molecule has 1 amide bonds. The Morgan fingerprint density at radius 3 is 2.83 bits per heavy atom. The lowest BCUT2D eigenvalue weighted by molar-refractivity contribution is -0.123. The number of amides is 1. The van der Waals surface area contributed by atoms with Gasteiger partial charge in [0.05, 0.1) is 18.1 Å². The summed E-state index contributed by atoms with van der Waals surface area (Å²) in [6.45, 7) is 0.466. The number of fused-ring (bicyclic) bond motifs is 1. The second-order valence-electron chi connectivity index (χ2n) is 5.27. The highest BCUT2D eigenvalue weighted by Gasteiger charge is 2.05. The van der Waals surface area contributed by atoms with Crippen molar-refractivity contribution in [2.24, 2.45) is 0 Å². The third-order valence-corrected chi connectivity index (χ3v) is 3.53. The van der Waals surface area contributed by atoms with Crippen molar-refractivity contribution in [2.45, 2.75) is 6.42 Å². The first kappa shape index (κ1) is 15.9. The van der Waals surface area contributed by atoms with Crippen LogP contribution in [0.25, 0.3) is 11.0 Å². The largest absolute Gasteiger partial charge is 0.497 e. The average molecular weight is 325 g/mol. The second-order valence-corrected chi connectivity index (χ2v) is 5.27. The van der Waals surface area contributed by atoms with Crippen molar-refractivity contribution in [1.29, 1.82) is 0 Å². The van der Waals surface area contributed by atoms with Gasteiger partial charge in [0.25, 0.3) is 5.91 Å². The van der Waals surface area contributed by atoms with E-state index in [2.05, 4.69) is 15.3 Å². The number of aromatic amines is 1. The van der Waals surface area contributed by atoms with Gasteiger partial charge in [-0.05, 0) is 24.3 Å². The van der Waals surface area contributed by atoms with Crippen molar-refractivity contribution < 1.29 is 14.3 Å². The summed E-state index contributed by atoms with van der Waals surface area (Å²) in [6, 6.07) is 15.0. The molecule has 0 spiro atoms. The number of carbonyl (C=O) groups is 1. The summed E-state index contributed by atoms with van der Waals surface area (Å²) in [4.78, 5) is 19.5. The van der Waals surface area contributed by atoms with Gasteiger partial charge in [-0.2, -0.15) is 0 Å². The summed E-state index contributed by atoms with van der Waals surface area (Å²) in [7, 11) is 1.59. The quantitative estimate of drug-likeness (QED) is 0.699. The van der Waals surface area contributed by atoms with Gasteiger partial charge in [0.15, 0.2) is 6.61 Å². The van der Waals surface area contributed by atoms with E-state index in [1.165, 1.54) is 0 Å². The number of methoxy groups -OCH3 is 1. The van der Waals surface area contributed by atoms with Gasteiger partial charge in [-0.25, -0.2) is 4.98 Å². The summed E-state index contributed by atoms with van der Waals surface area (Å²) >= 11 is 0. The van der Waals surface area contributed by atoms with Gasteiger partial charge in [-0.15, -0.1) is 0 Å². The zero-order valence-corrected chi connectivity index (χ0v) is 13.4. The van der Waals surface area contributed by atoms with Crippen LogP contribution in [0.3, 0.4) is 0 Å². The lowest BCUT2D eigenvalue weighted by atomic mass is 10.3. The molecular formula is C18H19N3O3. The molecule has 0 bridgehead atoms. The smallest absolute Gasteiger partial charge is 0.257 e. The first-order chi connectivity index (χ1) is 11.7. The molecule has 1 heterocycles. The minimum atomic E-state index is -0.172. The molecule has 0 aliphatic carbocycles. The standard InChI is InChI=1S/C18H19N3O3/c1-23-13-5-4-6-14(11-13)24-12-18(22)19-10-9-17-20-15-7-2-3-8-16(15)21-17/h2-8,11H,9-10,12H2,1H3,(H,19,22)(H,20,21). The van der Waals surface area contributed by atoms with Crippen molar-refractivity contribution >= 4 is 16.9 Å². The van der Waals surface area contributed by atoms with E-state index in [4.69, 9.17) is 9.47 Å². The van der Waals surface area contributed by atoms with Crippen molar-refractivity contribution in [3.05, 3.63) is 54.4 Å². The number of rotatable bonds is 7. The average Bonchev–Trinajstić information content (AvgIpc) is 3.03. The van der Waals surface area contributed by atoms with E-state index in [9.17, 15) is 4.79 Å². The van der Waals surface area contributed by atoms with E-state index < -0.39 is 0 Å². The Morgan fingerprint density at radius 2 is 2.00 bits per heavy atom. The van der Waals surface area contributed by atoms with Crippen molar-refractivity contribution in [3.63, 3.8) is 0 Å². The molecule has 0 atom stereocenters. The van der Waals surface area contributed by atoms with Gasteiger partial charge >= 0.3 is 0 Å². The number of aromatic nitrogens is 2. The summed E-state index contributed by atoms with van der Waals surface area (Å²) < 4.78 is 10.6. The molecular weight excluding hydrogens is 306 g/mol. The molecule has 0 aliphatic rings. The number of nitrogens with one attached hydrogen (secondary N) is 2. The molecule has 2 N–H and O–H groups in total. The molecule has 3 rings (SSSR count). The SMILES string of the molecule is COc1cccc(OCC(=O)NCCc2nc3ccccc3[nH]2)c1. The van der Waals surface area contributed by atoms with Gasteiger partial charge in [0.2, 0.25) is 0 Å². The maximum atomic E-state index is 11.8. The zero-order chi connectivity index (χ0) is 16.8. The minimum Gasteiger partial charge on any atom is -0.497 e. The number of imidazole rings is 1. The molecule has 0 fully saturated rings. The van der Waals surface area contributed by atoms with Crippen LogP contribution in [-0.4, -0.2) is 36.1 Å². The van der Waals surface area contributed by atoms with Crippen LogP contribution in [0.15, 0.2) is 48.5 Å². The van der Waals surface area contributed by atoms with E-state index in [1.54, 1.807) is 19.2 Å². The molecule has 6 nitrogen and oxygen atoms in total. The van der Waals surface area contributed by atoms with Crippen LogP contribution in [0.5, 0.6) is 11.5 Å². The third-order valence-electron chi connectivity index (χ3n) is 3.53. The van der Waals surface area contributed by atoms with E-state index in [0.717, 1.165) is 16.9 Å². The molecule has 0 radical (unpaired) electrons. The van der Waals surface area contributed by atoms with Gasteiger partial charge < -0.3 is 19.8 Å². The number of carbonyl (C=O) groups excluding carboxylic acids is 1. The summed E-state index contributed by atoms with van der Waals surface area (Å²) in [5.41, 5.74) is 1.93. The Balaban J connectivity index is 1.43. The number of hydrogen-bond donors (Lipinski definition) is 2. The van der Waals surface area contributed by atoms with E-state index in [1.807, 2.05) is 36.4 Å². The third kappa shape index (κ3) is 4.04. The normalized spacial score (nSPS) is 10.5. The highest BCUT2D eigenvalue weighted by atomic mass is 16.5. The monoisotopic (exact) mass is 325 g/mol. The maximum absolute atomic E-state index is 11.8. The number of para-hydroxylation sites is 2. The highest BCUT2D eigenvalue weighted by molar-refractivity contribution is 5.77. The molecule has 0 unspecified atom stereocenters. The Bertz CT molecular complexity index is 796. The summed E-state index contributed by atoms with van der Waals surface area (Å²) in [5.74, 6) is 1.97. The van der Waals surface area contributed by atoms with Gasteiger partial charge in [0.1, 0.15) is 17.3 Å². The Kier molecular flexibility index (Phi) is 4.96. The van der Waals surface area contributed by atoms with Crippen LogP contribution in [-0.2, 0) is 11.2 Å². The molecule has 24 heavy (non-hydrogen) atoms. The fourth-order valence-corrected chi connectivity index (χ4v) is 2.34. The van der Waals surface area contributed by atoms with Crippen LogP contribution in [0, 0.1) is 0 Å². The first-order valence-electron chi connectivity index (χ1n) is 7.72. The van der Waals surface area contributed by atoms with Crippen molar-refractivity contribution in [2.75, 3.05) is 20.3 Å². The van der Waals surface area contributed by atoms with Crippen molar-refractivity contribution in [3.8, 4) is 11.5 Å². The number of H-pyrrole nitrogens is 1. The molecule has 124 valence electrons. The predicted octanol–water partition coefficient (Wildman–Crippen LogP) is 2.31. The molecule has 2 aromatic carbocycles. The van der Waals surface area contributed by atoms with E-state index >= 15 is 0 Å². The highest BCUT2D eigenvalue weighted by Crippen LogP contribution is 2.18. The van der Waals surface area contributed by atoms with Gasteiger partial charge in [0, 0.05) is 19.0 Å². The number of benzene rings is 2. The Morgan fingerprint density at radius 1 is 1.17 bits per heavy atom. The van der Waals surface area contributed by atoms with Crippen LogP contribution in [0.1, 0.15) is 5.82 Å². The Hall–Kier alpha value is -3.02.